The molecular formula is C13H18N2O2. The molecule has 1 aromatic heterocycles. The fraction of sp³-hybridized carbons (Fsp3) is 0.538. The maximum Gasteiger partial charge on any atom is 0.337 e. The van der Waals surface area contributed by atoms with Crippen LogP contribution in [0.5, 0.6) is 0 Å². The second-order valence-corrected chi connectivity index (χ2v) is 4.73. The number of carboxylic acids is 1. The quantitative estimate of drug-likeness (QED) is 0.853. The third-order valence-electron chi connectivity index (χ3n) is 3.34. The number of pyridine rings is 1. The van der Waals surface area contributed by atoms with Gasteiger partial charge in [-0.1, -0.05) is 6.92 Å². The van der Waals surface area contributed by atoms with Gasteiger partial charge in [-0.15, -0.1) is 0 Å². The molecule has 92 valence electrons. The zero-order chi connectivity index (χ0) is 12.3. The van der Waals surface area contributed by atoms with Crippen LogP contribution in [0.2, 0.25) is 0 Å². The van der Waals surface area contributed by atoms with Gasteiger partial charge in [0.15, 0.2) is 0 Å². The van der Waals surface area contributed by atoms with E-state index >= 15 is 0 Å². The fourth-order valence-corrected chi connectivity index (χ4v) is 2.19. The molecule has 4 heteroatoms. The van der Waals surface area contributed by atoms with Crippen LogP contribution in [-0.2, 0) is 0 Å². The second-order valence-electron chi connectivity index (χ2n) is 4.73. The van der Waals surface area contributed by atoms with Gasteiger partial charge in [-0.05, 0) is 37.3 Å². The van der Waals surface area contributed by atoms with Crippen LogP contribution < -0.4 is 4.90 Å². The molecule has 1 aromatic rings. The van der Waals surface area contributed by atoms with E-state index < -0.39 is 5.97 Å². The molecule has 1 fully saturated rings. The Morgan fingerprint density at radius 3 is 2.88 bits per heavy atom. The zero-order valence-electron chi connectivity index (χ0n) is 10.1. The molecule has 2 rings (SSSR count). The lowest BCUT2D eigenvalue weighted by atomic mass is 10.0. The molecule has 4 nitrogen and oxygen atoms in total. The summed E-state index contributed by atoms with van der Waals surface area (Å²) in [6.45, 7) is 4.31. The van der Waals surface area contributed by atoms with E-state index in [0.717, 1.165) is 24.8 Å². The molecule has 0 amide bonds. The molecule has 17 heavy (non-hydrogen) atoms. The minimum Gasteiger partial charge on any atom is -0.478 e. The monoisotopic (exact) mass is 234 g/mol. The maximum atomic E-state index is 10.7. The Hall–Kier alpha value is -1.58. The molecule has 2 heterocycles. The van der Waals surface area contributed by atoms with Crippen LogP contribution in [0.1, 0.15) is 36.5 Å². The average molecular weight is 234 g/mol. The van der Waals surface area contributed by atoms with Crippen LogP contribution in [0.4, 0.5) is 5.82 Å². The first-order chi connectivity index (χ1) is 8.16. The Balaban J connectivity index is 2.08. The summed E-state index contributed by atoms with van der Waals surface area (Å²) in [5.74, 6) is 0.746. The number of aromatic carboxylic acids is 1. The van der Waals surface area contributed by atoms with Crippen molar-refractivity contribution < 1.29 is 9.90 Å². The number of carboxylic acid groups (broad SMARTS) is 1. The third kappa shape index (κ3) is 2.96. The van der Waals surface area contributed by atoms with E-state index in [2.05, 4.69) is 16.8 Å². The van der Waals surface area contributed by atoms with Gasteiger partial charge >= 0.3 is 5.97 Å². The summed E-state index contributed by atoms with van der Waals surface area (Å²) in [4.78, 5) is 17.2. The molecule has 0 aromatic carbocycles. The van der Waals surface area contributed by atoms with Crippen molar-refractivity contribution in [2.45, 2.75) is 26.2 Å². The van der Waals surface area contributed by atoms with Gasteiger partial charge in [0.05, 0.1) is 5.56 Å². The summed E-state index contributed by atoms with van der Waals surface area (Å²) in [6.07, 6.45) is 5.07. The van der Waals surface area contributed by atoms with Crippen LogP contribution in [0.3, 0.4) is 0 Å². The van der Waals surface area contributed by atoms with Gasteiger partial charge in [-0.25, -0.2) is 9.78 Å². The van der Waals surface area contributed by atoms with Crippen LogP contribution in [-0.4, -0.2) is 29.1 Å². The molecule has 1 aliphatic heterocycles. The lowest BCUT2D eigenvalue weighted by Gasteiger charge is -2.21. The molecule has 1 aliphatic rings. The van der Waals surface area contributed by atoms with E-state index in [-0.39, 0.29) is 5.56 Å². The van der Waals surface area contributed by atoms with Crippen molar-refractivity contribution >= 4 is 11.8 Å². The van der Waals surface area contributed by atoms with Gasteiger partial charge in [-0.3, -0.25) is 0 Å². The minimum atomic E-state index is -0.923. The van der Waals surface area contributed by atoms with Crippen molar-refractivity contribution in [3.63, 3.8) is 0 Å². The van der Waals surface area contributed by atoms with Crippen molar-refractivity contribution in [3.8, 4) is 0 Å². The highest BCUT2D eigenvalue weighted by Crippen LogP contribution is 2.20. The van der Waals surface area contributed by atoms with Crippen molar-refractivity contribution in [3.05, 3.63) is 23.9 Å². The zero-order valence-corrected chi connectivity index (χ0v) is 10.1. The second kappa shape index (κ2) is 5.17. The average Bonchev–Trinajstić information content (AvgIpc) is 2.54. The first-order valence-electron chi connectivity index (χ1n) is 6.11. The largest absolute Gasteiger partial charge is 0.478 e. The Labute approximate surface area is 101 Å². The van der Waals surface area contributed by atoms with E-state index in [0.29, 0.717) is 0 Å². The predicted octanol–water partition coefficient (Wildman–Crippen LogP) is 2.41. The number of anilines is 1. The Morgan fingerprint density at radius 1 is 1.41 bits per heavy atom. The summed E-state index contributed by atoms with van der Waals surface area (Å²) in [7, 11) is 0. The van der Waals surface area contributed by atoms with Crippen LogP contribution in [0.25, 0.3) is 0 Å². The Bertz CT molecular complexity index is 389. The normalized spacial score (nSPS) is 21.0. The molecule has 1 atom stereocenters. The van der Waals surface area contributed by atoms with E-state index in [9.17, 15) is 4.79 Å². The molecule has 0 saturated carbocycles. The highest BCUT2D eigenvalue weighted by Gasteiger charge is 2.15. The van der Waals surface area contributed by atoms with Crippen molar-refractivity contribution in [1.82, 2.24) is 4.98 Å². The van der Waals surface area contributed by atoms with Gasteiger partial charge < -0.3 is 10.0 Å². The number of rotatable bonds is 2. The summed E-state index contributed by atoms with van der Waals surface area (Å²) in [5.41, 5.74) is 0.247. The van der Waals surface area contributed by atoms with Crippen molar-refractivity contribution in [2.24, 2.45) is 5.92 Å². The number of hydrogen-bond acceptors (Lipinski definition) is 3. The fourth-order valence-electron chi connectivity index (χ4n) is 2.19. The molecular weight excluding hydrogens is 216 g/mol. The van der Waals surface area contributed by atoms with E-state index in [4.69, 9.17) is 5.11 Å². The Morgan fingerprint density at radius 2 is 2.24 bits per heavy atom. The highest BCUT2D eigenvalue weighted by atomic mass is 16.4. The molecule has 0 radical (unpaired) electrons. The Kier molecular flexibility index (Phi) is 3.61. The molecule has 0 aliphatic carbocycles. The van der Waals surface area contributed by atoms with E-state index in [1.165, 1.54) is 25.5 Å². The smallest absolute Gasteiger partial charge is 0.337 e. The van der Waals surface area contributed by atoms with Gasteiger partial charge in [0.1, 0.15) is 5.82 Å². The topological polar surface area (TPSA) is 53.4 Å². The van der Waals surface area contributed by atoms with Crippen LogP contribution in [0, 0.1) is 5.92 Å². The van der Waals surface area contributed by atoms with Crippen LogP contribution in [0.15, 0.2) is 18.3 Å². The first-order valence-corrected chi connectivity index (χ1v) is 6.11. The molecule has 1 N–H and O–H groups in total. The lowest BCUT2D eigenvalue weighted by molar-refractivity contribution is 0.0696. The van der Waals surface area contributed by atoms with Gasteiger partial charge in [0.2, 0.25) is 0 Å². The van der Waals surface area contributed by atoms with Crippen LogP contribution >= 0.6 is 0 Å². The summed E-state index contributed by atoms with van der Waals surface area (Å²) in [6, 6.07) is 3.43. The van der Waals surface area contributed by atoms with E-state index in [1.807, 2.05) is 0 Å². The number of hydrogen-bond donors (Lipinski definition) is 1. The maximum absolute atomic E-state index is 10.7. The van der Waals surface area contributed by atoms with E-state index in [1.54, 1.807) is 12.1 Å². The highest BCUT2D eigenvalue weighted by molar-refractivity contribution is 5.87. The van der Waals surface area contributed by atoms with Crippen molar-refractivity contribution in [1.29, 1.82) is 0 Å². The standard InChI is InChI=1S/C13H18N2O2/c1-10-3-2-7-15(8-6-10)12-5-4-11(9-14-12)13(16)17/h4-5,9-10H,2-3,6-8H2,1H3,(H,16,17). The molecule has 1 saturated heterocycles. The number of aromatic nitrogens is 1. The van der Waals surface area contributed by atoms with Gasteiger partial charge in [0.25, 0.3) is 0 Å². The lowest BCUT2D eigenvalue weighted by Crippen LogP contribution is -2.25. The first kappa shape index (κ1) is 11.9. The number of carbonyl (C=O) groups is 1. The van der Waals surface area contributed by atoms with Crippen molar-refractivity contribution in [2.75, 3.05) is 18.0 Å². The predicted molar refractivity (Wildman–Crippen MR) is 66.4 cm³/mol. The molecule has 1 unspecified atom stereocenters. The van der Waals surface area contributed by atoms with Gasteiger partial charge in [0, 0.05) is 19.3 Å². The minimum absolute atomic E-state index is 0.247. The van der Waals surface area contributed by atoms with Gasteiger partial charge in [-0.2, -0.15) is 0 Å². The molecule has 0 spiro atoms. The SMILES string of the molecule is CC1CCCN(c2ccc(C(=O)O)cn2)CC1. The summed E-state index contributed by atoms with van der Waals surface area (Å²) < 4.78 is 0. The summed E-state index contributed by atoms with van der Waals surface area (Å²) in [5, 5.41) is 8.81. The molecule has 0 bridgehead atoms. The number of nitrogens with zero attached hydrogens (tertiary/aromatic N) is 2. The summed E-state index contributed by atoms with van der Waals surface area (Å²) >= 11 is 0. The third-order valence-corrected chi connectivity index (χ3v) is 3.34.